The molecule has 0 amide bonds. The lowest BCUT2D eigenvalue weighted by atomic mass is 9.77. The number of carbonyl (C=O) groups excluding carboxylic acids is 2. The van der Waals surface area contributed by atoms with Gasteiger partial charge in [-0.2, -0.15) is 0 Å². The minimum Gasteiger partial charge on any atom is -0.497 e. The summed E-state index contributed by atoms with van der Waals surface area (Å²) < 4.78 is 27.9. The van der Waals surface area contributed by atoms with E-state index in [0.29, 0.717) is 17.3 Å². The molecule has 0 saturated carbocycles. The second-order valence-corrected chi connectivity index (χ2v) is 11.1. The highest BCUT2D eigenvalue weighted by atomic mass is 16.7. The van der Waals surface area contributed by atoms with E-state index in [-0.39, 0.29) is 12.7 Å². The summed E-state index contributed by atoms with van der Waals surface area (Å²) in [5.41, 5.74) is -2.12. The zero-order valence-electron chi connectivity index (χ0n) is 21.7. The predicted molar refractivity (Wildman–Crippen MR) is 130 cm³/mol. The maximum absolute atomic E-state index is 13.6. The average molecular weight is 518 g/mol. The molecule has 1 saturated heterocycles. The summed E-state index contributed by atoms with van der Waals surface area (Å²) in [7, 11) is 2.71. The first-order valence-corrected chi connectivity index (χ1v) is 12.7. The Morgan fingerprint density at radius 1 is 1.16 bits per heavy atom. The number of aliphatic hydroxyl groups is 2. The van der Waals surface area contributed by atoms with Crippen LogP contribution < -0.4 is 9.47 Å². The molecule has 0 radical (unpaired) electrons. The number of nitrogens with zero attached hydrogens (tertiary/aromatic N) is 1. The van der Waals surface area contributed by atoms with Gasteiger partial charge >= 0.3 is 11.9 Å². The van der Waals surface area contributed by atoms with Gasteiger partial charge in [-0.05, 0) is 69.0 Å². The van der Waals surface area contributed by atoms with Gasteiger partial charge in [0, 0.05) is 13.0 Å². The van der Waals surface area contributed by atoms with E-state index in [2.05, 4.69) is 11.0 Å². The fourth-order valence-corrected chi connectivity index (χ4v) is 6.55. The largest absolute Gasteiger partial charge is 0.497 e. The number of benzene rings is 1. The third kappa shape index (κ3) is 4.45. The highest BCUT2D eigenvalue weighted by molar-refractivity contribution is 5.86. The molecule has 37 heavy (non-hydrogen) atoms. The van der Waals surface area contributed by atoms with Crippen LogP contribution in [0.15, 0.2) is 24.0 Å². The summed E-state index contributed by atoms with van der Waals surface area (Å²) in [5, 5.41) is 21.8. The number of hydrogen-bond donors (Lipinski definition) is 2. The molecule has 0 aromatic heterocycles. The van der Waals surface area contributed by atoms with Gasteiger partial charge < -0.3 is 33.9 Å². The van der Waals surface area contributed by atoms with Crippen molar-refractivity contribution in [2.45, 2.75) is 74.7 Å². The standard InChI is InChI=1S/C27H35NO9/c1-25(2,31)14-27(32,13-21(29)34-4)24(30)37-23-20(33-3)12-26-7-5-8-28(26)9-6-16-10-18-19(36-15-35-18)11-17(16)22(23)26/h10-12,22-23,31-32H,5-9,13-15H2,1-4H3/t22-,23?,26+,27+/m1/s1. The van der Waals surface area contributed by atoms with Crippen LogP contribution in [0.5, 0.6) is 11.5 Å². The van der Waals surface area contributed by atoms with Crippen molar-refractivity contribution in [2.75, 3.05) is 34.1 Å². The average Bonchev–Trinajstić information content (AvgIpc) is 3.51. The summed E-state index contributed by atoms with van der Waals surface area (Å²) in [4.78, 5) is 28.2. The van der Waals surface area contributed by atoms with E-state index in [1.54, 1.807) is 0 Å². The molecule has 3 heterocycles. The molecule has 3 aliphatic heterocycles. The number of methoxy groups -OCH3 is 2. The van der Waals surface area contributed by atoms with Crippen LogP contribution in [0.3, 0.4) is 0 Å². The Labute approximate surface area is 216 Å². The van der Waals surface area contributed by atoms with Crippen LogP contribution in [0.4, 0.5) is 0 Å². The molecular weight excluding hydrogens is 482 g/mol. The minimum atomic E-state index is -2.29. The molecule has 1 aromatic carbocycles. The lowest BCUT2D eigenvalue weighted by Gasteiger charge is -2.40. The topological polar surface area (TPSA) is 124 Å². The van der Waals surface area contributed by atoms with E-state index in [9.17, 15) is 19.8 Å². The van der Waals surface area contributed by atoms with Gasteiger partial charge in [0.05, 0.1) is 37.7 Å². The molecule has 1 aromatic rings. The van der Waals surface area contributed by atoms with Crippen LogP contribution in [0, 0.1) is 0 Å². The smallest absolute Gasteiger partial charge is 0.339 e. The molecule has 0 bridgehead atoms. The molecular formula is C27H35NO9. The number of hydrogen-bond acceptors (Lipinski definition) is 10. The lowest BCUT2D eigenvalue weighted by molar-refractivity contribution is -0.183. The van der Waals surface area contributed by atoms with Gasteiger partial charge in [0.25, 0.3) is 0 Å². The van der Waals surface area contributed by atoms with Crippen molar-refractivity contribution in [2.24, 2.45) is 0 Å². The second-order valence-electron chi connectivity index (χ2n) is 11.1. The molecule has 1 fully saturated rings. The molecule has 1 spiro atoms. The van der Waals surface area contributed by atoms with Crippen molar-refractivity contribution in [1.29, 1.82) is 0 Å². The van der Waals surface area contributed by atoms with Crippen LogP contribution >= 0.6 is 0 Å². The maximum atomic E-state index is 13.6. The number of carbonyl (C=O) groups is 2. The van der Waals surface area contributed by atoms with Crippen LogP contribution in [0.1, 0.15) is 56.6 Å². The molecule has 1 aliphatic carbocycles. The van der Waals surface area contributed by atoms with Gasteiger partial charge in [-0.25, -0.2) is 4.79 Å². The fraction of sp³-hybridized carbons (Fsp3) is 0.630. The molecule has 1 unspecified atom stereocenters. The Balaban J connectivity index is 1.56. The lowest BCUT2D eigenvalue weighted by Crippen LogP contribution is -2.51. The predicted octanol–water partition coefficient (Wildman–Crippen LogP) is 1.80. The van der Waals surface area contributed by atoms with Gasteiger partial charge in [-0.1, -0.05) is 0 Å². The minimum absolute atomic E-state index is 0.150. The number of rotatable bonds is 7. The Morgan fingerprint density at radius 3 is 2.57 bits per heavy atom. The monoisotopic (exact) mass is 517 g/mol. The zero-order valence-corrected chi connectivity index (χ0v) is 21.7. The number of ether oxygens (including phenoxy) is 5. The Hall–Kier alpha value is -2.82. The quantitative estimate of drug-likeness (QED) is 0.518. The van der Waals surface area contributed by atoms with Crippen LogP contribution in [0.25, 0.3) is 0 Å². The van der Waals surface area contributed by atoms with Gasteiger partial charge in [-0.15, -0.1) is 0 Å². The summed E-state index contributed by atoms with van der Waals surface area (Å²) in [6.45, 7) is 4.78. The van der Waals surface area contributed by atoms with Gasteiger partial charge in [0.2, 0.25) is 6.79 Å². The Bertz CT molecular complexity index is 1130. The third-order valence-corrected chi connectivity index (χ3v) is 7.97. The number of fused-ring (bicyclic) bond motifs is 3. The SMILES string of the molecule is COC(=O)C[C@](O)(CC(C)(C)O)C(=O)OC1C(OC)=C[C@]23CCCN2CCc2cc4c(cc2[C@H]13)OCO4. The van der Waals surface area contributed by atoms with E-state index in [0.717, 1.165) is 43.5 Å². The molecule has 4 atom stereocenters. The van der Waals surface area contributed by atoms with Crippen LogP contribution in [-0.2, 0) is 30.2 Å². The summed E-state index contributed by atoms with van der Waals surface area (Å²) in [6.07, 6.45) is 2.76. The van der Waals surface area contributed by atoms with Gasteiger partial charge in [0.15, 0.2) is 23.2 Å². The van der Waals surface area contributed by atoms with Crippen molar-refractivity contribution in [3.05, 3.63) is 35.1 Å². The normalized spacial score (nSPS) is 27.8. The Morgan fingerprint density at radius 2 is 1.89 bits per heavy atom. The summed E-state index contributed by atoms with van der Waals surface area (Å²) >= 11 is 0. The molecule has 10 nitrogen and oxygen atoms in total. The van der Waals surface area contributed by atoms with E-state index >= 15 is 0 Å². The summed E-state index contributed by atoms with van der Waals surface area (Å²) in [5.74, 6) is -0.311. The second kappa shape index (κ2) is 9.18. The molecule has 202 valence electrons. The first-order valence-electron chi connectivity index (χ1n) is 12.7. The van der Waals surface area contributed by atoms with E-state index in [1.807, 2.05) is 12.1 Å². The molecule has 4 aliphatic rings. The van der Waals surface area contributed by atoms with Gasteiger partial charge in [0.1, 0.15) is 5.76 Å². The van der Waals surface area contributed by atoms with Crippen molar-refractivity contribution < 1.29 is 43.5 Å². The van der Waals surface area contributed by atoms with Crippen molar-refractivity contribution in [3.63, 3.8) is 0 Å². The fourth-order valence-electron chi connectivity index (χ4n) is 6.55. The Kier molecular flexibility index (Phi) is 6.40. The summed E-state index contributed by atoms with van der Waals surface area (Å²) in [6, 6.07) is 3.97. The number of esters is 2. The molecule has 2 N–H and O–H groups in total. The van der Waals surface area contributed by atoms with Gasteiger partial charge in [-0.3, -0.25) is 9.69 Å². The van der Waals surface area contributed by atoms with E-state index < -0.39 is 47.6 Å². The highest BCUT2D eigenvalue weighted by Crippen LogP contribution is 2.55. The van der Waals surface area contributed by atoms with E-state index in [1.165, 1.54) is 28.1 Å². The third-order valence-electron chi connectivity index (χ3n) is 7.97. The molecule has 5 rings (SSSR count). The van der Waals surface area contributed by atoms with Crippen molar-refractivity contribution in [1.82, 2.24) is 4.90 Å². The van der Waals surface area contributed by atoms with E-state index in [4.69, 9.17) is 23.7 Å². The first kappa shape index (κ1) is 25.8. The first-order chi connectivity index (χ1) is 17.5. The van der Waals surface area contributed by atoms with Crippen molar-refractivity contribution in [3.8, 4) is 11.5 Å². The van der Waals surface area contributed by atoms with Crippen LogP contribution in [0.2, 0.25) is 0 Å². The molecule has 10 heteroatoms. The van der Waals surface area contributed by atoms with Crippen molar-refractivity contribution >= 4 is 11.9 Å². The highest BCUT2D eigenvalue weighted by Gasteiger charge is 2.59. The maximum Gasteiger partial charge on any atom is 0.339 e. The zero-order chi connectivity index (χ0) is 26.6. The van der Waals surface area contributed by atoms with Crippen LogP contribution in [-0.4, -0.2) is 84.0 Å².